The highest BCUT2D eigenvalue weighted by atomic mass is 35.5. The number of ether oxygens (including phenoxy) is 2. The fourth-order valence-electron chi connectivity index (χ4n) is 2.38. The Morgan fingerprint density at radius 2 is 1.88 bits per heavy atom. The molecule has 0 spiro atoms. The third-order valence-corrected chi connectivity index (χ3v) is 3.96. The molecule has 0 fully saturated rings. The first-order valence-corrected chi connectivity index (χ1v) is 8.27. The van der Waals surface area contributed by atoms with Crippen LogP contribution in [0.3, 0.4) is 0 Å². The van der Waals surface area contributed by atoms with Crippen molar-refractivity contribution in [1.29, 1.82) is 0 Å². The number of carbonyl (C=O) groups is 1. The van der Waals surface area contributed by atoms with Gasteiger partial charge in [-0.25, -0.2) is 0 Å². The van der Waals surface area contributed by atoms with Gasteiger partial charge in [0.25, 0.3) is 0 Å². The summed E-state index contributed by atoms with van der Waals surface area (Å²) in [6, 6.07) is 15.0. The van der Waals surface area contributed by atoms with E-state index >= 15 is 0 Å². The van der Waals surface area contributed by atoms with E-state index in [1.807, 2.05) is 55.5 Å². The third-order valence-electron chi connectivity index (χ3n) is 3.62. The van der Waals surface area contributed by atoms with Crippen LogP contribution < -0.4 is 10.1 Å². The normalized spacial score (nSPS) is 11.8. The van der Waals surface area contributed by atoms with Crippen LogP contribution in [0.4, 0.5) is 0 Å². The number of benzene rings is 2. The zero-order valence-electron chi connectivity index (χ0n) is 13.9. The van der Waals surface area contributed by atoms with Gasteiger partial charge >= 0.3 is 0 Å². The minimum absolute atomic E-state index is 0.0618. The van der Waals surface area contributed by atoms with Crippen molar-refractivity contribution in [2.75, 3.05) is 20.3 Å². The maximum absolute atomic E-state index is 12.1. The largest absolute Gasteiger partial charge is 0.494 e. The van der Waals surface area contributed by atoms with Gasteiger partial charge in [-0.15, -0.1) is 0 Å². The molecule has 1 N–H and O–H groups in total. The van der Waals surface area contributed by atoms with E-state index in [1.165, 1.54) is 0 Å². The number of nitrogens with one attached hydrogen (secondary N) is 1. The first-order valence-electron chi connectivity index (χ1n) is 7.89. The molecule has 0 aliphatic heterocycles. The molecule has 0 bridgehead atoms. The van der Waals surface area contributed by atoms with Crippen LogP contribution in [0, 0.1) is 0 Å². The Kier molecular flexibility index (Phi) is 7.09. The molecule has 2 aromatic carbocycles. The Morgan fingerprint density at radius 1 is 1.17 bits per heavy atom. The lowest BCUT2D eigenvalue weighted by Crippen LogP contribution is -2.30. The molecule has 0 saturated heterocycles. The first kappa shape index (κ1) is 18.3. The minimum atomic E-state index is -0.275. The summed E-state index contributed by atoms with van der Waals surface area (Å²) < 4.78 is 10.8. The molecule has 1 unspecified atom stereocenters. The second-order valence-electron chi connectivity index (χ2n) is 5.30. The van der Waals surface area contributed by atoms with E-state index in [1.54, 1.807) is 7.11 Å². The van der Waals surface area contributed by atoms with Crippen molar-refractivity contribution in [2.24, 2.45) is 0 Å². The van der Waals surface area contributed by atoms with Crippen molar-refractivity contribution in [1.82, 2.24) is 5.32 Å². The highest BCUT2D eigenvalue weighted by Gasteiger charge is 2.15. The van der Waals surface area contributed by atoms with Crippen molar-refractivity contribution < 1.29 is 14.3 Å². The van der Waals surface area contributed by atoms with E-state index in [9.17, 15) is 4.79 Å². The summed E-state index contributed by atoms with van der Waals surface area (Å²) in [4.78, 5) is 12.1. The predicted molar refractivity (Wildman–Crippen MR) is 95.5 cm³/mol. The second kappa shape index (κ2) is 9.30. The van der Waals surface area contributed by atoms with Crippen LogP contribution in [0.2, 0.25) is 5.02 Å². The van der Waals surface area contributed by atoms with E-state index in [2.05, 4.69) is 5.32 Å². The monoisotopic (exact) mass is 347 g/mol. The van der Waals surface area contributed by atoms with Crippen molar-refractivity contribution in [2.45, 2.75) is 19.4 Å². The van der Waals surface area contributed by atoms with Gasteiger partial charge in [0.05, 0.1) is 13.0 Å². The summed E-state index contributed by atoms with van der Waals surface area (Å²) in [6.07, 6.45) is 0.0359. The number of rotatable bonds is 8. The molecule has 128 valence electrons. The quantitative estimate of drug-likeness (QED) is 0.790. The lowest BCUT2D eigenvalue weighted by atomic mass is 10.1. The van der Waals surface area contributed by atoms with Gasteiger partial charge in [-0.05, 0) is 30.7 Å². The SMILES string of the molecule is CCOc1ccc(CC(=O)NCC(OC)c2ccccc2Cl)cc1. The predicted octanol–water partition coefficient (Wildman–Crippen LogP) is 3.79. The van der Waals surface area contributed by atoms with Crippen molar-refractivity contribution in [3.8, 4) is 5.75 Å². The van der Waals surface area contributed by atoms with Crippen molar-refractivity contribution in [3.05, 3.63) is 64.7 Å². The number of amides is 1. The van der Waals surface area contributed by atoms with Crippen LogP contribution in [0.15, 0.2) is 48.5 Å². The lowest BCUT2D eigenvalue weighted by Gasteiger charge is -2.17. The highest BCUT2D eigenvalue weighted by Crippen LogP contribution is 2.24. The van der Waals surface area contributed by atoms with E-state index < -0.39 is 0 Å². The molecule has 0 radical (unpaired) electrons. The van der Waals surface area contributed by atoms with Gasteiger partial charge in [0.1, 0.15) is 11.9 Å². The standard InChI is InChI=1S/C19H22ClNO3/c1-3-24-15-10-8-14(9-11-15)12-19(22)21-13-18(23-2)16-6-4-5-7-17(16)20/h4-11,18H,3,12-13H2,1-2H3,(H,21,22). The van der Waals surface area contributed by atoms with Crippen LogP contribution >= 0.6 is 11.6 Å². The molecule has 2 rings (SSSR count). The smallest absolute Gasteiger partial charge is 0.224 e. The molecule has 1 atom stereocenters. The molecule has 1 amide bonds. The Hall–Kier alpha value is -2.04. The Bertz CT molecular complexity index is 658. The van der Waals surface area contributed by atoms with Crippen LogP contribution in [-0.2, 0) is 16.0 Å². The Labute approximate surface area is 147 Å². The molecule has 2 aromatic rings. The average molecular weight is 348 g/mol. The summed E-state index contributed by atoms with van der Waals surface area (Å²) in [5.41, 5.74) is 1.80. The zero-order chi connectivity index (χ0) is 17.4. The van der Waals surface area contributed by atoms with Gasteiger partial charge in [0, 0.05) is 24.2 Å². The summed E-state index contributed by atoms with van der Waals surface area (Å²) in [5, 5.41) is 3.52. The molecule has 24 heavy (non-hydrogen) atoms. The van der Waals surface area contributed by atoms with E-state index in [4.69, 9.17) is 21.1 Å². The summed E-state index contributed by atoms with van der Waals surface area (Å²) in [7, 11) is 1.60. The number of hydrogen-bond acceptors (Lipinski definition) is 3. The highest BCUT2D eigenvalue weighted by molar-refractivity contribution is 6.31. The Balaban J connectivity index is 1.88. The number of halogens is 1. The number of hydrogen-bond donors (Lipinski definition) is 1. The minimum Gasteiger partial charge on any atom is -0.494 e. The van der Waals surface area contributed by atoms with Gasteiger partial charge in [-0.2, -0.15) is 0 Å². The van der Waals surface area contributed by atoms with Crippen molar-refractivity contribution >= 4 is 17.5 Å². The summed E-state index contributed by atoms with van der Waals surface area (Å²) in [6.45, 7) is 2.93. The maximum atomic E-state index is 12.1. The topological polar surface area (TPSA) is 47.6 Å². The van der Waals surface area contributed by atoms with Gasteiger partial charge in [-0.3, -0.25) is 4.79 Å². The van der Waals surface area contributed by atoms with Gasteiger partial charge in [0.15, 0.2) is 0 Å². The molecule has 0 saturated carbocycles. The molecule has 0 aromatic heterocycles. The van der Waals surface area contributed by atoms with E-state index in [0.29, 0.717) is 24.6 Å². The second-order valence-corrected chi connectivity index (χ2v) is 5.71. The van der Waals surface area contributed by atoms with Gasteiger partial charge in [-0.1, -0.05) is 41.9 Å². The van der Waals surface area contributed by atoms with Crippen molar-refractivity contribution in [3.63, 3.8) is 0 Å². The number of methoxy groups -OCH3 is 1. The maximum Gasteiger partial charge on any atom is 0.224 e. The van der Waals surface area contributed by atoms with Crippen LogP contribution in [0.5, 0.6) is 5.75 Å². The average Bonchev–Trinajstić information content (AvgIpc) is 2.59. The van der Waals surface area contributed by atoms with Crippen LogP contribution in [0.25, 0.3) is 0 Å². The molecule has 0 heterocycles. The number of carbonyl (C=O) groups excluding carboxylic acids is 1. The molecule has 5 heteroatoms. The fraction of sp³-hybridized carbons (Fsp3) is 0.316. The fourth-order valence-corrected chi connectivity index (χ4v) is 2.64. The molecule has 0 aliphatic carbocycles. The van der Waals surface area contributed by atoms with E-state index in [0.717, 1.165) is 16.9 Å². The van der Waals surface area contributed by atoms with Gasteiger partial charge < -0.3 is 14.8 Å². The van der Waals surface area contributed by atoms with Crippen LogP contribution in [-0.4, -0.2) is 26.2 Å². The molecule has 4 nitrogen and oxygen atoms in total. The lowest BCUT2D eigenvalue weighted by molar-refractivity contribution is -0.121. The van der Waals surface area contributed by atoms with Gasteiger partial charge in [0.2, 0.25) is 5.91 Å². The molecular formula is C19H22ClNO3. The van der Waals surface area contributed by atoms with Crippen LogP contribution in [0.1, 0.15) is 24.2 Å². The third kappa shape index (κ3) is 5.25. The summed E-state index contributed by atoms with van der Waals surface area (Å²) in [5.74, 6) is 0.744. The zero-order valence-corrected chi connectivity index (χ0v) is 14.7. The van der Waals surface area contributed by atoms with E-state index in [-0.39, 0.29) is 12.0 Å². The summed E-state index contributed by atoms with van der Waals surface area (Å²) >= 11 is 6.18. The first-order chi connectivity index (χ1) is 11.6. The molecular weight excluding hydrogens is 326 g/mol. The molecule has 0 aliphatic rings. The Morgan fingerprint density at radius 3 is 2.50 bits per heavy atom.